The van der Waals surface area contributed by atoms with Crippen LogP contribution in [0.5, 0.6) is 0 Å². The second kappa shape index (κ2) is 6.78. The molecular formula is C18H19N9O2. The van der Waals surface area contributed by atoms with Gasteiger partial charge in [-0.2, -0.15) is 10.1 Å². The summed E-state index contributed by atoms with van der Waals surface area (Å²) in [5, 5.41) is 17.4. The van der Waals surface area contributed by atoms with Crippen molar-refractivity contribution in [3.05, 3.63) is 42.7 Å². The highest BCUT2D eigenvalue weighted by Crippen LogP contribution is 2.19. The Bertz CT molecular complexity index is 1200. The quantitative estimate of drug-likeness (QED) is 0.489. The van der Waals surface area contributed by atoms with Crippen LogP contribution in [0.2, 0.25) is 0 Å². The van der Waals surface area contributed by atoms with Gasteiger partial charge in [-0.1, -0.05) is 0 Å². The lowest BCUT2D eigenvalue weighted by molar-refractivity contribution is 0.0893. The van der Waals surface area contributed by atoms with Crippen molar-refractivity contribution in [1.29, 1.82) is 0 Å². The first-order valence-electron chi connectivity index (χ1n) is 9.24. The number of fused-ring (bicyclic) bond motifs is 2. The fourth-order valence-corrected chi connectivity index (χ4v) is 3.62. The lowest BCUT2D eigenvalue weighted by Gasteiger charge is -2.35. The summed E-state index contributed by atoms with van der Waals surface area (Å²) in [7, 11) is 1.88. The summed E-state index contributed by atoms with van der Waals surface area (Å²) in [4.78, 5) is 31.8. The van der Waals surface area contributed by atoms with Gasteiger partial charge >= 0.3 is 0 Å². The Hall–Kier alpha value is -3.60. The first-order chi connectivity index (χ1) is 14.1. The zero-order valence-electron chi connectivity index (χ0n) is 15.7. The highest BCUT2D eigenvalue weighted by molar-refractivity contribution is 5.94. The lowest BCUT2D eigenvalue weighted by atomic mass is 10.0. The molecule has 11 nitrogen and oxygen atoms in total. The van der Waals surface area contributed by atoms with Crippen LogP contribution in [-0.2, 0) is 7.05 Å². The number of carbonyl (C=O) groups is 1. The number of β-amino-alcohol motifs (C(OH)–C–C–N with tert-alkyl or cyclic N) is 1. The van der Waals surface area contributed by atoms with Crippen LogP contribution in [0.4, 0.5) is 5.95 Å². The molecule has 4 aromatic heterocycles. The van der Waals surface area contributed by atoms with Crippen molar-refractivity contribution < 1.29 is 9.90 Å². The topological polar surface area (TPSA) is 126 Å². The molecule has 0 aliphatic carbocycles. The Balaban J connectivity index is 1.34. The van der Waals surface area contributed by atoms with E-state index < -0.39 is 6.10 Å². The van der Waals surface area contributed by atoms with Gasteiger partial charge in [0.1, 0.15) is 11.8 Å². The first kappa shape index (κ1) is 17.5. The predicted octanol–water partition coefficient (Wildman–Crippen LogP) is -0.224. The predicted molar refractivity (Wildman–Crippen MR) is 103 cm³/mol. The molecule has 5 rings (SSSR count). The molecule has 148 valence electrons. The Morgan fingerprint density at radius 1 is 1.24 bits per heavy atom. The van der Waals surface area contributed by atoms with Crippen molar-refractivity contribution in [1.82, 2.24) is 39.4 Å². The summed E-state index contributed by atoms with van der Waals surface area (Å²) in [5.41, 5.74) is 2.57. The van der Waals surface area contributed by atoms with E-state index in [1.54, 1.807) is 35.4 Å². The largest absolute Gasteiger partial charge is 0.391 e. The van der Waals surface area contributed by atoms with Crippen LogP contribution in [0, 0.1) is 0 Å². The van der Waals surface area contributed by atoms with Crippen LogP contribution in [0.15, 0.2) is 37.2 Å². The van der Waals surface area contributed by atoms with Gasteiger partial charge in [-0.25, -0.2) is 19.5 Å². The third-order valence-corrected chi connectivity index (χ3v) is 5.05. The first-order valence-corrected chi connectivity index (χ1v) is 9.24. The van der Waals surface area contributed by atoms with Gasteiger partial charge in [0.05, 0.1) is 24.2 Å². The number of aryl methyl sites for hydroxylation is 1. The molecule has 0 saturated carbocycles. The normalized spacial score (nSPS) is 19.7. The van der Waals surface area contributed by atoms with E-state index >= 15 is 0 Å². The molecular weight excluding hydrogens is 374 g/mol. The monoisotopic (exact) mass is 393 g/mol. The lowest BCUT2D eigenvalue weighted by Crippen LogP contribution is -2.53. The molecule has 4 aromatic rings. The Morgan fingerprint density at radius 2 is 2.14 bits per heavy atom. The smallest absolute Gasteiger partial charge is 0.253 e. The number of rotatable bonds is 3. The number of nitrogens with one attached hydrogen (secondary N) is 1. The maximum Gasteiger partial charge on any atom is 0.253 e. The Morgan fingerprint density at radius 3 is 3.03 bits per heavy atom. The summed E-state index contributed by atoms with van der Waals surface area (Å²) in [6.07, 6.45) is 6.32. The van der Waals surface area contributed by atoms with Crippen LogP contribution in [-0.4, -0.2) is 70.4 Å². The molecule has 0 unspecified atom stereocenters. The van der Waals surface area contributed by atoms with E-state index in [0.717, 1.165) is 5.52 Å². The number of aromatic nitrogens is 7. The summed E-state index contributed by atoms with van der Waals surface area (Å²) >= 11 is 0. The van der Waals surface area contributed by atoms with Gasteiger partial charge in [-0.15, -0.1) is 0 Å². The fourth-order valence-electron chi connectivity index (χ4n) is 3.62. The molecule has 0 aromatic carbocycles. The van der Waals surface area contributed by atoms with Crippen LogP contribution in [0.25, 0.3) is 16.8 Å². The summed E-state index contributed by atoms with van der Waals surface area (Å²) in [6.45, 7) is 0.891. The van der Waals surface area contributed by atoms with Gasteiger partial charge in [0.15, 0.2) is 11.3 Å². The average Bonchev–Trinajstić information content (AvgIpc) is 3.33. The number of pyridine rings is 1. The number of anilines is 1. The summed E-state index contributed by atoms with van der Waals surface area (Å²) in [5.74, 6) is 0.251. The Labute approximate surface area is 165 Å². The number of aliphatic hydroxyl groups excluding tert-OH is 1. The molecule has 2 atom stereocenters. The van der Waals surface area contributed by atoms with Crippen LogP contribution >= 0.6 is 0 Å². The zero-order valence-corrected chi connectivity index (χ0v) is 15.7. The molecule has 1 fully saturated rings. The number of aliphatic hydroxyl groups is 1. The molecule has 0 bridgehead atoms. The number of hydrogen-bond acceptors (Lipinski definition) is 8. The molecule has 0 spiro atoms. The van der Waals surface area contributed by atoms with E-state index in [9.17, 15) is 9.90 Å². The molecule has 1 amide bonds. The van der Waals surface area contributed by atoms with Crippen molar-refractivity contribution in [2.24, 2.45) is 7.05 Å². The maximum atomic E-state index is 12.7. The van der Waals surface area contributed by atoms with Gasteiger partial charge in [0, 0.05) is 32.4 Å². The second-order valence-corrected chi connectivity index (χ2v) is 7.18. The number of imidazole rings is 1. The highest BCUT2D eigenvalue weighted by Gasteiger charge is 2.29. The SMILES string of the molecule is Cn1cnc2nc(N3C[C@H](O)C[C@H](NC(=O)c4ccc5ncnn5c4)C3)ncc21. The van der Waals surface area contributed by atoms with Gasteiger partial charge in [0.25, 0.3) is 5.91 Å². The minimum atomic E-state index is -0.602. The van der Waals surface area contributed by atoms with Gasteiger partial charge in [-0.05, 0) is 18.6 Å². The van der Waals surface area contributed by atoms with E-state index in [0.29, 0.717) is 42.3 Å². The van der Waals surface area contributed by atoms with Crippen molar-refractivity contribution in [3.8, 4) is 0 Å². The molecule has 1 aliphatic heterocycles. The molecule has 1 saturated heterocycles. The van der Waals surface area contributed by atoms with Gasteiger partial charge < -0.3 is 19.9 Å². The summed E-state index contributed by atoms with van der Waals surface area (Å²) in [6, 6.07) is 3.19. The van der Waals surface area contributed by atoms with E-state index in [2.05, 4.69) is 30.4 Å². The minimum Gasteiger partial charge on any atom is -0.391 e. The van der Waals surface area contributed by atoms with E-state index in [1.807, 2.05) is 16.5 Å². The van der Waals surface area contributed by atoms with Crippen molar-refractivity contribution in [3.63, 3.8) is 0 Å². The molecule has 1 aliphatic rings. The summed E-state index contributed by atoms with van der Waals surface area (Å²) < 4.78 is 3.39. The van der Waals surface area contributed by atoms with Crippen LogP contribution in [0.3, 0.4) is 0 Å². The van der Waals surface area contributed by atoms with Gasteiger partial charge in [0.2, 0.25) is 5.95 Å². The molecule has 0 radical (unpaired) electrons. The minimum absolute atomic E-state index is 0.234. The fraction of sp³-hybridized carbons (Fsp3) is 0.333. The molecule has 29 heavy (non-hydrogen) atoms. The number of piperidine rings is 1. The molecule has 11 heteroatoms. The zero-order chi connectivity index (χ0) is 20.0. The second-order valence-electron chi connectivity index (χ2n) is 7.18. The maximum absolute atomic E-state index is 12.7. The number of hydrogen-bond donors (Lipinski definition) is 2. The number of nitrogens with zero attached hydrogens (tertiary/aromatic N) is 8. The van der Waals surface area contributed by atoms with Crippen LogP contribution in [0.1, 0.15) is 16.8 Å². The highest BCUT2D eigenvalue weighted by atomic mass is 16.3. The number of amides is 1. The van der Waals surface area contributed by atoms with E-state index in [1.165, 1.54) is 6.33 Å². The third-order valence-electron chi connectivity index (χ3n) is 5.05. The van der Waals surface area contributed by atoms with Crippen molar-refractivity contribution in [2.45, 2.75) is 18.6 Å². The Kier molecular flexibility index (Phi) is 4.09. The van der Waals surface area contributed by atoms with E-state index in [-0.39, 0.29) is 11.9 Å². The molecule has 5 heterocycles. The van der Waals surface area contributed by atoms with E-state index in [4.69, 9.17) is 0 Å². The molecule has 2 N–H and O–H groups in total. The average molecular weight is 393 g/mol. The van der Waals surface area contributed by atoms with Crippen molar-refractivity contribution in [2.75, 3.05) is 18.0 Å². The van der Waals surface area contributed by atoms with Gasteiger partial charge in [-0.3, -0.25) is 4.79 Å². The van der Waals surface area contributed by atoms with Crippen molar-refractivity contribution >= 4 is 28.7 Å². The third kappa shape index (κ3) is 3.25. The standard InChI is InChI=1S/C18H19N9O2/c1-25-10-21-16-14(25)5-19-18(24-16)26-7-12(4-13(28)8-26)23-17(29)11-2-3-15-20-9-22-27(15)6-11/h2-3,5-6,9-10,12-13,28H,4,7-8H2,1H3,(H,23,29)/t12-,13+/m0/s1. The number of carbonyl (C=O) groups excluding carboxylic acids is 1. The van der Waals surface area contributed by atoms with Crippen LogP contribution < -0.4 is 10.2 Å².